The van der Waals surface area contributed by atoms with Crippen LogP contribution in [-0.4, -0.2) is 88.6 Å². The number of aromatic nitrogens is 7. The summed E-state index contributed by atoms with van der Waals surface area (Å²) >= 11 is 0. The number of methoxy groups -OCH3 is 1. The summed E-state index contributed by atoms with van der Waals surface area (Å²) in [6.45, 7) is 3.23. The van der Waals surface area contributed by atoms with Crippen LogP contribution < -0.4 is 20.4 Å². The van der Waals surface area contributed by atoms with Crippen molar-refractivity contribution < 1.29 is 37.0 Å². The number of halogens is 4. The first-order valence-corrected chi connectivity index (χ1v) is 16.6. The predicted molar refractivity (Wildman–Crippen MR) is 181 cm³/mol. The topological polar surface area (TPSA) is 173 Å². The molecule has 7 rings (SSSR count). The number of fused-ring (bicyclic) bond motifs is 2. The Morgan fingerprint density at radius 3 is 2.51 bits per heavy atom. The lowest BCUT2D eigenvalue weighted by molar-refractivity contribution is -0.137. The Bertz CT molecular complexity index is 2330. The van der Waals surface area contributed by atoms with E-state index in [2.05, 4.69) is 30.5 Å². The third-order valence-electron chi connectivity index (χ3n) is 9.59. The second-order valence-electron chi connectivity index (χ2n) is 12.6. The summed E-state index contributed by atoms with van der Waals surface area (Å²) in [5, 5.41) is 21.9. The van der Waals surface area contributed by atoms with Crippen molar-refractivity contribution in [3.8, 4) is 17.3 Å². The molecule has 1 aliphatic carbocycles. The summed E-state index contributed by atoms with van der Waals surface area (Å²) in [5.74, 6) is -2.59. The van der Waals surface area contributed by atoms with Crippen molar-refractivity contribution in [1.82, 2.24) is 39.4 Å². The number of amides is 2. The molecule has 2 atom stereocenters. The monoisotopic (exact) mass is 736 g/mol. The lowest BCUT2D eigenvalue weighted by atomic mass is 9.81. The van der Waals surface area contributed by atoms with Gasteiger partial charge >= 0.3 is 6.18 Å². The zero-order valence-corrected chi connectivity index (χ0v) is 28.6. The molecule has 4 aromatic heterocycles. The van der Waals surface area contributed by atoms with Gasteiger partial charge in [0.25, 0.3) is 5.91 Å². The van der Waals surface area contributed by atoms with Crippen LogP contribution in [0, 0.1) is 12.7 Å². The Morgan fingerprint density at radius 1 is 1.06 bits per heavy atom. The van der Waals surface area contributed by atoms with Gasteiger partial charge in [-0.25, -0.2) is 19.3 Å². The van der Waals surface area contributed by atoms with E-state index in [1.807, 2.05) is 4.90 Å². The van der Waals surface area contributed by atoms with Gasteiger partial charge in [-0.3, -0.25) is 14.4 Å². The maximum absolute atomic E-state index is 14.8. The second kappa shape index (κ2) is 13.4. The molecule has 2 fully saturated rings. The van der Waals surface area contributed by atoms with Crippen molar-refractivity contribution >= 4 is 34.4 Å². The van der Waals surface area contributed by atoms with E-state index in [1.165, 1.54) is 29.0 Å². The van der Waals surface area contributed by atoms with Gasteiger partial charge < -0.3 is 29.5 Å². The highest BCUT2D eigenvalue weighted by atomic mass is 19.4. The van der Waals surface area contributed by atoms with E-state index < -0.39 is 47.0 Å². The first kappa shape index (κ1) is 35.3. The molecule has 5 heterocycles. The minimum absolute atomic E-state index is 0.0306. The van der Waals surface area contributed by atoms with Gasteiger partial charge in [-0.05, 0) is 50.5 Å². The molecule has 2 N–H and O–H groups in total. The van der Waals surface area contributed by atoms with Gasteiger partial charge in [-0.15, -0.1) is 15.0 Å². The van der Waals surface area contributed by atoms with E-state index in [4.69, 9.17) is 4.74 Å². The quantitative estimate of drug-likeness (QED) is 0.223. The van der Waals surface area contributed by atoms with Crippen molar-refractivity contribution in [1.29, 1.82) is 0 Å². The molecule has 1 aliphatic heterocycles. The molecular formula is C34H32F4N10O5. The zero-order valence-electron chi connectivity index (χ0n) is 28.6. The summed E-state index contributed by atoms with van der Waals surface area (Å²) in [6.07, 6.45) is -0.638. The molecule has 19 heteroatoms. The van der Waals surface area contributed by atoms with Crippen molar-refractivity contribution in [3.05, 3.63) is 81.5 Å². The normalized spacial score (nSPS) is 17.0. The van der Waals surface area contributed by atoms with Crippen LogP contribution in [0.4, 0.5) is 28.9 Å². The van der Waals surface area contributed by atoms with Crippen LogP contribution >= 0.6 is 0 Å². The summed E-state index contributed by atoms with van der Waals surface area (Å²) in [4.78, 5) is 58.4. The number of nitrogens with zero attached hydrogens (tertiary/aromatic N) is 9. The molecule has 0 bridgehead atoms. The number of rotatable bonds is 8. The van der Waals surface area contributed by atoms with Crippen LogP contribution in [-0.2, 0) is 23.9 Å². The van der Waals surface area contributed by atoms with Crippen molar-refractivity contribution in [2.45, 2.75) is 57.9 Å². The molecule has 1 aromatic carbocycles. The van der Waals surface area contributed by atoms with E-state index in [0.29, 0.717) is 36.4 Å². The van der Waals surface area contributed by atoms with Crippen molar-refractivity contribution in [3.63, 3.8) is 0 Å². The number of aryl methyl sites for hydroxylation is 1. The number of aromatic hydroxyl groups is 1. The minimum Gasteiger partial charge on any atom is -0.504 e. The second-order valence-corrected chi connectivity index (χ2v) is 12.6. The van der Waals surface area contributed by atoms with E-state index in [-0.39, 0.29) is 71.5 Å². The average molecular weight is 737 g/mol. The van der Waals surface area contributed by atoms with Crippen LogP contribution in [0.5, 0.6) is 11.6 Å². The van der Waals surface area contributed by atoms with Crippen LogP contribution in [0.3, 0.4) is 0 Å². The number of piperazine rings is 1. The van der Waals surface area contributed by atoms with Crippen LogP contribution in [0.25, 0.3) is 16.9 Å². The third-order valence-corrected chi connectivity index (χ3v) is 9.59. The van der Waals surface area contributed by atoms with Crippen LogP contribution in [0.2, 0.25) is 0 Å². The fourth-order valence-electron chi connectivity index (χ4n) is 6.86. The maximum atomic E-state index is 14.8. The van der Waals surface area contributed by atoms with Crippen molar-refractivity contribution in [2.24, 2.45) is 0 Å². The highest BCUT2D eigenvalue weighted by molar-refractivity contribution is 5.96. The fraction of sp³-hybridized carbons (Fsp3) is 0.353. The smallest absolute Gasteiger partial charge is 0.416 e. The van der Waals surface area contributed by atoms with Gasteiger partial charge in [0, 0.05) is 37.1 Å². The number of carbonyl (C=O) groups excluding carboxylic acids is 2. The molecule has 53 heavy (non-hydrogen) atoms. The lowest BCUT2D eigenvalue weighted by Crippen LogP contribution is -2.67. The van der Waals surface area contributed by atoms with E-state index in [0.717, 1.165) is 6.07 Å². The number of ether oxygens (including phenoxy) is 1. The summed E-state index contributed by atoms with van der Waals surface area (Å²) in [5.41, 5.74) is -1.01. The summed E-state index contributed by atoms with van der Waals surface area (Å²) in [7, 11) is 1.43. The molecule has 0 unspecified atom stereocenters. The summed E-state index contributed by atoms with van der Waals surface area (Å²) < 4.78 is 60.9. The molecule has 5 aromatic rings. The van der Waals surface area contributed by atoms with Gasteiger partial charge in [0.15, 0.2) is 22.6 Å². The van der Waals surface area contributed by atoms with Gasteiger partial charge in [-0.1, -0.05) is 6.92 Å². The number of carbonyl (C=O) groups is 2. The number of benzene rings is 1. The zero-order chi connectivity index (χ0) is 37.8. The van der Waals surface area contributed by atoms with Gasteiger partial charge in [0.2, 0.25) is 17.2 Å². The molecule has 0 radical (unpaired) electrons. The molecule has 276 valence electrons. The fourth-order valence-corrected chi connectivity index (χ4v) is 6.86. The highest BCUT2D eigenvalue weighted by Gasteiger charge is 2.47. The SMILES string of the molecule is CCc1c(N2CCN(C(=O)c3ncnc(C)c3O)[C@H]3CC[C@@H]32)c(=O)c2nn(-c3ccnc(OC)c3)nc2n1CC(=O)Nc1ccc(C(F)(F)F)cc1F. The molecule has 1 saturated carbocycles. The Balaban J connectivity index is 1.29. The van der Waals surface area contributed by atoms with Gasteiger partial charge in [-0.2, -0.15) is 13.2 Å². The number of alkyl halides is 3. The Kier molecular flexibility index (Phi) is 8.95. The van der Waals surface area contributed by atoms with Crippen LogP contribution in [0.15, 0.2) is 47.7 Å². The predicted octanol–water partition coefficient (Wildman–Crippen LogP) is 3.64. The first-order chi connectivity index (χ1) is 25.3. The Morgan fingerprint density at radius 2 is 1.83 bits per heavy atom. The minimum atomic E-state index is -4.78. The molecular weight excluding hydrogens is 704 g/mol. The van der Waals surface area contributed by atoms with Crippen molar-refractivity contribution in [2.75, 3.05) is 30.4 Å². The van der Waals surface area contributed by atoms with E-state index in [9.17, 15) is 37.1 Å². The maximum Gasteiger partial charge on any atom is 0.416 e. The lowest BCUT2D eigenvalue weighted by Gasteiger charge is -2.54. The van der Waals surface area contributed by atoms with E-state index >= 15 is 0 Å². The molecule has 2 amide bonds. The number of hydrogen-bond donors (Lipinski definition) is 2. The van der Waals surface area contributed by atoms with Crippen LogP contribution in [0.1, 0.15) is 47.2 Å². The highest BCUT2D eigenvalue weighted by Crippen LogP contribution is 2.39. The number of hydrogen-bond acceptors (Lipinski definition) is 11. The number of pyridine rings is 2. The summed E-state index contributed by atoms with van der Waals surface area (Å²) in [6, 6.07) is 4.28. The van der Waals surface area contributed by atoms with Gasteiger partial charge in [0.05, 0.1) is 35.8 Å². The third kappa shape index (κ3) is 6.24. The molecule has 0 spiro atoms. The number of nitrogens with one attached hydrogen (secondary N) is 1. The standard InChI is InChI=1S/C34H32F4N10O5/c1-4-22-29(45-11-12-46(24-8-7-23(24)45)33(52)28-30(50)17(2)40-16-41-28)31(51)27-32(44-48(43-27)19-9-10-39-26(14-19)53-3)47(22)15-25(49)42-21-6-5-18(13-20(21)35)34(36,37)38/h5-6,9-10,13-14,16,23-24,50H,4,7-8,11-12,15H2,1-3H3,(H,42,49)/t23-,24-/m0/s1. The Hall–Kier alpha value is -6.14. The number of anilines is 2. The van der Waals surface area contributed by atoms with E-state index in [1.54, 1.807) is 30.9 Å². The Labute approximate surface area is 297 Å². The van der Waals surface area contributed by atoms with Gasteiger partial charge in [0.1, 0.15) is 24.4 Å². The molecule has 15 nitrogen and oxygen atoms in total. The molecule has 2 aliphatic rings. The first-order valence-electron chi connectivity index (χ1n) is 16.6. The largest absolute Gasteiger partial charge is 0.504 e. The average Bonchev–Trinajstić information content (AvgIpc) is 3.57. The molecule has 1 saturated heterocycles.